The molecule has 0 amide bonds. The number of aromatic amines is 1. The minimum atomic E-state index is -0.121. The first kappa shape index (κ1) is 13.2. The van der Waals surface area contributed by atoms with Crippen molar-refractivity contribution >= 4 is 16.7 Å². The lowest BCUT2D eigenvalue weighted by Crippen LogP contribution is -2.65. The van der Waals surface area contributed by atoms with Crippen molar-refractivity contribution in [3.63, 3.8) is 0 Å². The Hall–Kier alpha value is -2.47. The Kier molecular flexibility index (Phi) is 2.71. The molecule has 6 nitrogen and oxygen atoms in total. The number of rotatable bonds is 2. The predicted octanol–water partition coefficient (Wildman–Crippen LogP) is 1.87. The number of fused-ring (bicyclic) bond motifs is 1. The highest BCUT2D eigenvalue weighted by Crippen LogP contribution is 2.27. The van der Waals surface area contributed by atoms with Crippen LogP contribution >= 0.6 is 0 Å². The molecule has 0 unspecified atom stereocenters. The molecule has 0 radical (unpaired) electrons. The van der Waals surface area contributed by atoms with Gasteiger partial charge in [-0.05, 0) is 26.0 Å². The zero-order chi connectivity index (χ0) is 15.3. The summed E-state index contributed by atoms with van der Waals surface area (Å²) in [6.45, 7) is 5.69. The van der Waals surface area contributed by atoms with Gasteiger partial charge in [0.15, 0.2) is 0 Å². The van der Waals surface area contributed by atoms with E-state index >= 15 is 0 Å². The van der Waals surface area contributed by atoms with Gasteiger partial charge in [0.25, 0.3) is 0 Å². The van der Waals surface area contributed by atoms with E-state index in [1.54, 1.807) is 12.4 Å². The quantitative estimate of drug-likeness (QED) is 0.754. The number of hydrogen-bond acceptors (Lipinski definition) is 5. The van der Waals surface area contributed by atoms with E-state index in [4.69, 9.17) is 10.7 Å². The number of nitrogens with one attached hydrogen (secondary N) is 1. The van der Waals surface area contributed by atoms with Gasteiger partial charge in [0.05, 0.1) is 23.6 Å². The summed E-state index contributed by atoms with van der Waals surface area (Å²) in [5.41, 5.74) is 9.88. The molecule has 0 bridgehead atoms. The third-order valence-electron chi connectivity index (χ3n) is 4.09. The fourth-order valence-electron chi connectivity index (χ4n) is 2.93. The molecular formula is C16H18N6. The Morgan fingerprint density at radius 3 is 2.86 bits per heavy atom. The maximum absolute atomic E-state index is 6.07. The van der Waals surface area contributed by atoms with Gasteiger partial charge < -0.3 is 10.6 Å². The third-order valence-corrected chi connectivity index (χ3v) is 4.09. The van der Waals surface area contributed by atoms with E-state index in [9.17, 15) is 0 Å². The van der Waals surface area contributed by atoms with Crippen LogP contribution in [0, 0.1) is 6.92 Å². The van der Waals surface area contributed by atoms with Gasteiger partial charge in [-0.15, -0.1) is 0 Å². The van der Waals surface area contributed by atoms with E-state index in [1.165, 1.54) is 0 Å². The smallest absolute Gasteiger partial charge is 0.147 e. The maximum Gasteiger partial charge on any atom is 0.147 e. The second-order valence-corrected chi connectivity index (χ2v) is 6.35. The van der Waals surface area contributed by atoms with Crippen LogP contribution in [-0.4, -0.2) is 38.8 Å². The van der Waals surface area contributed by atoms with Gasteiger partial charge in [0, 0.05) is 35.3 Å². The predicted molar refractivity (Wildman–Crippen MR) is 86.7 cm³/mol. The van der Waals surface area contributed by atoms with E-state index in [-0.39, 0.29) is 5.54 Å². The van der Waals surface area contributed by atoms with E-state index < -0.39 is 0 Å². The molecule has 112 valence electrons. The molecule has 3 aromatic rings. The largest absolute Gasteiger partial charge is 0.352 e. The molecule has 1 aliphatic heterocycles. The number of H-pyrrole nitrogens is 1. The van der Waals surface area contributed by atoms with Crippen molar-refractivity contribution in [3.8, 4) is 11.3 Å². The van der Waals surface area contributed by atoms with Crippen molar-refractivity contribution in [3.05, 3.63) is 36.3 Å². The summed E-state index contributed by atoms with van der Waals surface area (Å²) in [4.78, 5) is 11.2. The standard InChI is InChI=1S/C16H18N6/c1-10-12-5-11(3-4-13(12)21-20-10)14-6-18-7-15(19-14)22-8-16(2,17)9-22/h3-7H,8-9,17H2,1-2H3,(H,20,21). The fourth-order valence-corrected chi connectivity index (χ4v) is 2.93. The molecule has 1 aliphatic rings. The van der Waals surface area contributed by atoms with E-state index in [2.05, 4.69) is 33.1 Å². The normalized spacial score (nSPS) is 16.8. The fraction of sp³-hybridized carbons (Fsp3) is 0.312. The van der Waals surface area contributed by atoms with Gasteiger partial charge in [0.2, 0.25) is 0 Å². The van der Waals surface area contributed by atoms with Crippen LogP contribution in [0.4, 0.5) is 5.82 Å². The van der Waals surface area contributed by atoms with Gasteiger partial charge in [-0.25, -0.2) is 4.98 Å². The maximum atomic E-state index is 6.07. The van der Waals surface area contributed by atoms with Crippen LogP contribution in [-0.2, 0) is 0 Å². The first-order valence-electron chi connectivity index (χ1n) is 7.33. The Morgan fingerprint density at radius 2 is 2.09 bits per heavy atom. The molecular weight excluding hydrogens is 276 g/mol. The average molecular weight is 294 g/mol. The Balaban J connectivity index is 1.70. The molecule has 1 aromatic carbocycles. The monoisotopic (exact) mass is 294 g/mol. The summed E-state index contributed by atoms with van der Waals surface area (Å²) in [5, 5.41) is 8.37. The molecule has 3 N–H and O–H groups in total. The van der Waals surface area contributed by atoms with Crippen LogP contribution in [0.5, 0.6) is 0 Å². The van der Waals surface area contributed by atoms with Crippen LogP contribution < -0.4 is 10.6 Å². The van der Waals surface area contributed by atoms with Crippen LogP contribution in [0.3, 0.4) is 0 Å². The molecule has 0 saturated carbocycles. The molecule has 4 rings (SSSR count). The zero-order valence-electron chi connectivity index (χ0n) is 12.7. The van der Waals surface area contributed by atoms with E-state index in [0.717, 1.165) is 46.8 Å². The van der Waals surface area contributed by atoms with Crippen LogP contribution in [0.25, 0.3) is 22.2 Å². The zero-order valence-corrected chi connectivity index (χ0v) is 12.7. The van der Waals surface area contributed by atoms with Crippen molar-refractivity contribution in [2.45, 2.75) is 19.4 Å². The molecule has 2 aromatic heterocycles. The molecule has 1 fully saturated rings. The van der Waals surface area contributed by atoms with Gasteiger partial charge in [0.1, 0.15) is 5.82 Å². The number of nitrogens with two attached hydrogens (primary N) is 1. The van der Waals surface area contributed by atoms with Crippen LogP contribution in [0.15, 0.2) is 30.6 Å². The highest BCUT2D eigenvalue weighted by Gasteiger charge is 2.35. The Labute approximate surface area is 128 Å². The number of hydrogen-bond donors (Lipinski definition) is 2. The minimum Gasteiger partial charge on any atom is -0.352 e. The molecule has 3 heterocycles. The molecule has 6 heteroatoms. The number of benzene rings is 1. The van der Waals surface area contributed by atoms with Crippen molar-refractivity contribution in [1.82, 2.24) is 20.2 Å². The second-order valence-electron chi connectivity index (χ2n) is 6.35. The van der Waals surface area contributed by atoms with E-state index in [1.807, 2.05) is 19.1 Å². The number of aromatic nitrogens is 4. The van der Waals surface area contributed by atoms with Gasteiger partial charge in [-0.3, -0.25) is 10.1 Å². The number of anilines is 1. The van der Waals surface area contributed by atoms with Gasteiger partial charge in [-0.1, -0.05) is 6.07 Å². The Morgan fingerprint density at radius 1 is 1.27 bits per heavy atom. The van der Waals surface area contributed by atoms with Gasteiger partial charge >= 0.3 is 0 Å². The lowest BCUT2D eigenvalue weighted by molar-refractivity contribution is 0.362. The summed E-state index contributed by atoms with van der Waals surface area (Å²) in [7, 11) is 0. The average Bonchev–Trinajstić information content (AvgIpc) is 2.86. The number of aryl methyl sites for hydroxylation is 1. The molecule has 1 saturated heterocycles. The molecule has 0 atom stereocenters. The van der Waals surface area contributed by atoms with Crippen LogP contribution in [0.2, 0.25) is 0 Å². The molecule has 22 heavy (non-hydrogen) atoms. The summed E-state index contributed by atoms with van der Waals surface area (Å²) < 4.78 is 0. The first-order chi connectivity index (χ1) is 10.5. The van der Waals surface area contributed by atoms with Gasteiger partial charge in [-0.2, -0.15) is 5.10 Å². The summed E-state index contributed by atoms with van der Waals surface area (Å²) in [6.07, 6.45) is 3.59. The number of nitrogens with zero attached hydrogens (tertiary/aromatic N) is 4. The lowest BCUT2D eigenvalue weighted by atomic mass is 9.94. The second kappa shape index (κ2) is 4.51. The highest BCUT2D eigenvalue weighted by atomic mass is 15.3. The summed E-state index contributed by atoms with van der Waals surface area (Å²) >= 11 is 0. The molecule has 0 aliphatic carbocycles. The van der Waals surface area contributed by atoms with E-state index in [0.29, 0.717) is 0 Å². The van der Waals surface area contributed by atoms with Crippen molar-refractivity contribution in [1.29, 1.82) is 0 Å². The van der Waals surface area contributed by atoms with Crippen molar-refractivity contribution in [2.24, 2.45) is 5.73 Å². The lowest BCUT2D eigenvalue weighted by Gasteiger charge is -2.46. The highest BCUT2D eigenvalue weighted by molar-refractivity contribution is 5.85. The minimum absolute atomic E-state index is 0.121. The van der Waals surface area contributed by atoms with Crippen molar-refractivity contribution in [2.75, 3.05) is 18.0 Å². The summed E-state index contributed by atoms with van der Waals surface area (Å²) in [5.74, 6) is 0.879. The Bertz CT molecular complexity index is 843. The summed E-state index contributed by atoms with van der Waals surface area (Å²) in [6, 6.07) is 6.13. The third kappa shape index (κ3) is 2.12. The molecule has 0 spiro atoms. The SMILES string of the molecule is Cc1[nH]nc2ccc(-c3cncc(N4CC(C)(N)C4)n3)cc12. The van der Waals surface area contributed by atoms with Crippen molar-refractivity contribution < 1.29 is 0 Å². The first-order valence-corrected chi connectivity index (χ1v) is 7.33. The topological polar surface area (TPSA) is 83.7 Å². The van der Waals surface area contributed by atoms with Crippen LogP contribution in [0.1, 0.15) is 12.6 Å².